The lowest BCUT2D eigenvalue weighted by Gasteiger charge is -2.31. The summed E-state index contributed by atoms with van der Waals surface area (Å²) in [7, 11) is -2.13. The molecule has 0 bridgehead atoms. The van der Waals surface area contributed by atoms with Crippen LogP contribution in [0.4, 0.5) is 20.2 Å². The fourth-order valence-corrected chi connectivity index (χ4v) is 4.76. The normalized spacial score (nSPS) is 13.9. The van der Waals surface area contributed by atoms with Crippen molar-refractivity contribution in [2.75, 3.05) is 42.3 Å². The van der Waals surface area contributed by atoms with E-state index >= 15 is 0 Å². The Kier molecular flexibility index (Phi) is 7.87. The summed E-state index contributed by atoms with van der Waals surface area (Å²) in [6, 6.07) is 7.82. The van der Waals surface area contributed by atoms with Gasteiger partial charge in [0.25, 0.3) is 0 Å². The number of likely N-dealkylation sites (N-methyl/N-ethyl adjacent to an activating group) is 1. The smallest absolute Gasteiger partial charge is 0.324 e. The molecule has 0 spiro atoms. The van der Waals surface area contributed by atoms with Gasteiger partial charge in [-0.1, -0.05) is 18.2 Å². The van der Waals surface area contributed by atoms with E-state index in [9.17, 15) is 17.2 Å². The number of halogens is 2. The molecule has 32 heavy (non-hydrogen) atoms. The minimum absolute atomic E-state index is 0.237. The van der Waals surface area contributed by atoms with Crippen molar-refractivity contribution in [3.63, 3.8) is 0 Å². The van der Waals surface area contributed by atoms with Gasteiger partial charge in [-0.15, -0.1) is 6.58 Å². The van der Waals surface area contributed by atoms with Crippen molar-refractivity contribution in [1.29, 1.82) is 0 Å². The number of nitrogens with one attached hydrogen (secondary N) is 1. The van der Waals surface area contributed by atoms with Crippen molar-refractivity contribution >= 4 is 21.6 Å². The van der Waals surface area contributed by atoms with Crippen LogP contribution in [-0.4, -0.2) is 46.6 Å². The quantitative estimate of drug-likeness (QED) is 0.539. The molecule has 0 atom stereocenters. The molecule has 2 aromatic carbocycles. The molecule has 0 aliphatic carbocycles. The fourth-order valence-electron chi connectivity index (χ4n) is 3.41. The van der Waals surface area contributed by atoms with Crippen molar-refractivity contribution in [2.45, 2.75) is 12.8 Å². The standard InChI is InChI=1S/C23H27F2N3O3S/c1-3-12-27(2)13-4-5-15-31-20-9-11-23-18(16-20)7-6-14-28(23)32(29,30)26-22-17-19(24)8-10-21(22)25/h3-5,8-11,16-17,26H,1,6-7,12-15H2,2H3. The van der Waals surface area contributed by atoms with Crippen LogP contribution in [0.1, 0.15) is 12.0 Å². The average Bonchev–Trinajstić information content (AvgIpc) is 2.75. The molecule has 3 rings (SSSR count). The molecule has 0 aromatic heterocycles. The van der Waals surface area contributed by atoms with E-state index in [1.54, 1.807) is 12.1 Å². The Labute approximate surface area is 188 Å². The van der Waals surface area contributed by atoms with Crippen LogP contribution in [0.5, 0.6) is 5.75 Å². The summed E-state index contributed by atoms with van der Waals surface area (Å²) in [6.45, 7) is 5.91. The third-order valence-electron chi connectivity index (χ3n) is 4.96. The van der Waals surface area contributed by atoms with Crippen LogP contribution in [0.25, 0.3) is 0 Å². The van der Waals surface area contributed by atoms with Crippen LogP contribution in [0.15, 0.2) is 61.2 Å². The van der Waals surface area contributed by atoms with Gasteiger partial charge in [-0.3, -0.25) is 13.9 Å². The Morgan fingerprint density at radius 2 is 2.00 bits per heavy atom. The van der Waals surface area contributed by atoms with Crippen LogP contribution >= 0.6 is 0 Å². The molecule has 0 unspecified atom stereocenters. The van der Waals surface area contributed by atoms with Crippen molar-refractivity contribution < 1.29 is 21.9 Å². The van der Waals surface area contributed by atoms with E-state index in [-0.39, 0.29) is 6.54 Å². The maximum atomic E-state index is 13.9. The number of ether oxygens (including phenoxy) is 1. The first-order valence-corrected chi connectivity index (χ1v) is 11.7. The van der Waals surface area contributed by atoms with Crippen molar-refractivity contribution in [2.24, 2.45) is 0 Å². The van der Waals surface area contributed by atoms with Crippen molar-refractivity contribution in [1.82, 2.24) is 4.90 Å². The van der Waals surface area contributed by atoms with Crippen LogP contribution in [0.2, 0.25) is 0 Å². The van der Waals surface area contributed by atoms with Gasteiger partial charge < -0.3 is 4.74 Å². The fraction of sp³-hybridized carbons (Fsp3) is 0.304. The SMILES string of the molecule is C=CCN(C)CC=CCOc1ccc2c(c1)CCCN2S(=O)(=O)Nc1cc(F)ccc1F. The summed E-state index contributed by atoms with van der Waals surface area (Å²) in [5, 5.41) is 0. The Balaban J connectivity index is 1.68. The monoisotopic (exact) mass is 463 g/mol. The lowest BCUT2D eigenvalue weighted by Crippen LogP contribution is -2.39. The van der Waals surface area contributed by atoms with Gasteiger partial charge in [-0.05, 0) is 55.8 Å². The van der Waals surface area contributed by atoms with Gasteiger partial charge in [0.05, 0.1) is 11.4 Å². The molecular weight excluding hydrogens is 436 g/mol. The van der Waals surface area contributed by atoms with Crippen LogP contribution in [-0.2, 0) is 16.6 Å². The van der Waals surface area contributed by atoms with Crippen molar-refractivity contribution in [3.8, 4) is 5.75 Å². The number of hydrogen-bond donors (Lipinski definition) is 1. The number of aryl methyl sites for hydroxylation is 1. The maximum Gasteiger partial charge on any atom is 0.324 e. The molecule has 0 radical (unpaired) electrons. The number of nitrogens with zero attached hydrogens (tertiary/aromatic N) is 2. The van der Waals surface area contributed by atoms with Crippen LogP contribution in [0.3, 0.4) is 0 Å². The summed E-state index contributed by atoms with van der Waals surface area (Å²) in [5.41, 5.74) is 0.880. The van der Waals surface area contributed by atoms with Gasteiger partial charge in [-0.2, -0.15) is 8.42 Å². The van der Waals surface area contributed by atoms with Crippen LogP contribution < -0.4 is 13.8 Å². The topological polar surface area (TPSA) is 61.9 Å². The highest BCUT2D eigenvalue weighted by Crippen LogP contribution is 2.33. The maximum absolute atomic E-state index is 13.9. The molecule has 9 heteroatoms. The highest BCUT2D eigenvalue weighted by atomic mass is 32.2. The van der Waals surface area contributed by atoms with Gasteiger partial charge >= 0.3 is 10.2 Å². The second-order valence-corrected chi connectivity index (χ2v) is 9.08. The highest BCUT2D eigenvalue weighted by molar-refractivity contribution is 7.94. The molecule has 1 heterocycles. The Bertz CT molecular complexity index is 1090. The zero-order chi connectivity index (χ0) is 23.1. The predicted molar refractivity (Wildman–Crippen MR) is 123 cm³/mol. The van der Waals surface area contributed by atoms with Gasteiger partial charge in [-0.25, -0.2) is 8.78 Å². The average molecular weight is 464 g/mol. The third-order valence-corrected chi connectivity index (χ3v) is 6.39. The molecule has 0 amide bonds. The van der Waals surface area contributed by atoms with E-state index in [1.165, 1.54) is 4.31 Å². The third kappa shape index (κ3) is 6.08. The lowest BCUT2D eigenvalue weighted by atomic mass is 10.0. The molecular formula is C23H27F2N3O3S. The summed E-state index contributed by atoms with van der Waals surface area (Å²) in [6.07, 6.45) is 7.05. The molecule has 0 saturated heterocycles. The van der Waals surface area contributed by atoms with E-state index < -0.39 is 27.5 Å². The predicted octanol–water partition coefficient (Wildman–Crippen LogP) is 4.13. The Hall–Kier alpha value is -2.91. The minimum atomic E-state index is -4.13. The minimum Gasteiger partial charge on any atom is -0.490 e. The van der Waals surface area contributed by atoms with Gasteiger partial charge in [0, 0.05) is 25.7 Å². The Morgan fingerprint density at radius 3 is 2.78 bits per heavy atom. The molecule has 1 aliphatic rings. The van der Waals surface area contributed by atoms with Crippen molar-refractivity contribution in [3.05, 3.63) is 78.4 Å². The number of anilines is 2. The van der Waals surface area contributed by atoms with E-state index in [0.29, 0.717) is 30.9 Å². The van der Waals surface area contributed by atoms with Gasteiger partial charge in [0.1, 0.15) is 24.0 Å². The van der Waals surface area contributed by atoms with E-state index in [0.717, 1.165) is 36.9 Å². The molecule has 1 aliphatic heterocycles. The first-order valence-electron chi connectivity index (χ1n) is 10.3. The molecule has 0 saturated carbocycles. The second kappa shape index (κ2) is 10.6. The molecule has 0 fully saturated rings. The first-order chi connectivity index (χ1) is 15.3. The molecule has 2 aromatic rings. The van der Waals surface area contributed by atoms with Gasteiger partial charge in [0.2, 0.25) is 0 Å². The number of hydrogen-bond acceptors (Lipinski definition) is 4. The van der Waals surface area contributed by atoms with Gasteiger partial charge in [0.15, 0.2) is 0 Å². The summed E-state index contributed by atoms with van der Waals surface area (Å²) < 4.78 is 62.2. The first kappa shape index (κ1) is 23.7. The van der Waals surface area contributed by atoms with E-state index in [1.807, 2.05) is 31.3 Å². The molecule has 1 N–H and O–H groups in total. The van der Waals surface area contributed by atoms with E-state index in [2.05, 4.69) is 16.2 Å². The molecule has 172 valence electrons. The number of benzene rings is 2. The summed E-state index contributed by atoms with van der Waals surface area (Å²) >= 11 is 0. The zero-order valence-electron chi connectivity index (χ0n) is 17.9. The highest BCUT2D eigenvalue weighted by Gasteiger charge is 2.28. The van der Waals surface area contributed by atoms with E-state index in [4.69, 9.17) is 4.74 Å². The zero-order valence-corrected chi connectivity index (χ0v) is 18.7. The Morgan fingerprint density at radius 1 is 1.19 bits per heavy atom. The molecule has 6 nitrogen and oxygen atoms in total. The lowest BCUT2D eigenvalue weighted by molar-refractivity contribution is 0.360. The number of rotatable bonds is 10. The summed E-state index contributed by atoms with van der Waals surface area (Å²) in [5.74, 6) is -0.942. The van der Waals surface area contributed by atoms with Crippen LogP contribution in [0, 0.1) is 11.6 Å². The largest absolute Gasteiger partial charge is 0.490 e. The second-order valence-electron chi connectivity index (χ2n) is 7.49. The summed E-state index contributed by atoms with van der Waals surface area (Å²) in [4.78, 5) is 2.10. The number of fused-ring (bicyclic) bond motifs is 1.